The molecule has 1 N–H and O–H groups in total. The van der Waals surface area contributed by atoms with Crippen LogP contribution in [0.25, 0.3) is 0 Å². The average Bonchev–Trinajstić information content (AvgIpc) is 2.12. The van der Waals surface area contributed by atoms with Gasteiger partial charge in [-0.15, -0.1) is 0 Å². The zero-order valence-electron chi connectivity index (χ0n) is 10.1. The number of hydrogen-bond acceptors (Lipinski definition) is 3. The minimum absolute atomic E-state index is 0.638. The van der Waals surface area contributed by atoms with Gasteiger partial charge in [0.25, 0.3) is 0 Å². The number of hydrogen-bond donors (Lipinski definition) is 1. The fourth-order valence-corrected chi connectivity index (χ4v) is 2.20. The van der Waals surface area contributed by atoms with E-state index in [-0.39, 0.29) is 0 Å². The molecule has 0 saturated carbocycles. The van der Waals surface area contributed by atoms with Gasteiger partial charge in [-0.3, -0.25) is 0 Å². The Labute approximate surface area is 88.5 Å². The van der Waals surface area contributed by atoms with E-state index in [1.807, 2.05) is 0 Å². The summed E-state index contributed by atoms with van der Waals surface area (Å²) in [5.74, 6) is 0. The molecular formula is C11H25N3. The Bertz CT molecular complexity index is 161. The third-order valence-electron chi connectivity index (χ3n) is 3.16. The molecule has 14 heavy (non-hydrogen) atoms. The maximum atomic E-state index is 3.48. The number of nitrogens with one attached hydrogen (secondary N) is 1. The van der Waals surface area contributed by atoms with Crippen molar-refractivity contribution >= 4 is 0 Å². The van der Waals surface area contributed by atoms with Crippen molar-refractivity contribution in [3.05, 3.63) is 0 Å². The van der Waals surface area contributed by atoms with Crippen LogP contribution in [0, 0.1) is 0 Å². The highest BCUT2D eigenvalue weighted by atomic mass is 15.3. The van der Waals surface area contributed by atoms with E-state index in [0.717, 1.165) is 12.6 Å². The molecule has 0 spiro atoms. The third kappa shape index (κ3) is 3.56. The highest BCUT2D eigenvalue weighted by molar-refractivity contribution is 4.81. The van der Waals surface area contributed by atoms with Crippen molar-refractivity contribution in [2.45, 2.75) is 32.4 Å². The molecule has 84 valence electrons. The van der Waals surface area contributed by atoms with Crippen molar-refractivity contribution in [1.29, 1.82) is 0 Å². The second-order valence-electron chi connectivity index (χ2n) is 4.59. The van der Waals surface area contributed by atoms with Crippen molar-refractivity contribution in [3.8, 4) is 0 Å². The Balaban J connectivity index is 2.33. The normalized spacial score (nSPS) is 27.9. The first kappa shape index (κ1) is 12.0. The van der Waals surface area contributed by atoms with Gasteiger partial charge in [-0.25, -0.2) is 0 Å². The molecule has 0 aromatic heterocycles. The predicted molar refractivity (Wildman–Crippen MR) is 61.7 cm³/mol. The van der Waals surface area contributed by atoms with Crippen LogP contribution in [0.15, 0.2) is 0 Å². The summed E-state index contributed by atoms with van der Waals surface area (Å²) in [5, 5.41) is 3.48. The van der Waals surface area contributed by atoms with Gasteiger partial charge < -0.3 is 15.1 Å². The van der Waals surface area contributed by atoms with E-state index in [1.54, 1.807) is 0 Å². The quantitative estimate of drug-likeness (QED) is 0.716. The highest BCUT2D eigenvalue weighted by Crippen LogP contribution is 2.11. The summed E-state index contributed by atoms with van der Waals surface area (Å²) >= 11 is 0. The smallest absolute Gasteiger partial charge is 0.0235 e. The average molecular weight is 199 g/mol. The molecule has 0 radical (unpaired) electrons. The summed E-state index contributed by atoms with van der Waals surface area (Å²) in [5.41, 5.74) is 0. The van der Waals surface area contributed by atoms with E-state index < -0.39 is 0 Å². The minimum Gasteiger partial charge on any atom is -0.314 e. The van der Waals surface area contributed by atoms with Gasteiger partial charge in [0.1, 0.15) is 0 Å². The lowest BCUT2D eigenvalue weighted by molar-refractivity contribution is 0.102. The molecule has 1 aliphatic rings. The number of likely N-dealkylation sites (N-methyl/N-ethyl adjacent to an activating group) is 2. The fourth-order valence-electron chi connectivity index (χ4n) is 2.20. The Morgan fingerprint density at radius 3 is 2.71 bits per heavy atom. The summed E-state index contributed by atoms with van der Waals surface area (Å²) in [7, 11) is 4.47. The van der Waals surface area contributed by atoms with E-state index in [4.69, 9.17) is 0 Å². The van der Waals surface area contributed by atoms with Gasteiger partial charge in [0, 0.05) is 31.7 Å². The van der Waals surface area contributed by atoms with E-state index in [2.05, 4.69) is 43.1 Å². The van der Waals surface area contributed by atoms with Crippen molar-refractivity contribution in [2.24, 2.45) is 0 Å². The van der Waals surface area contributed by atoms with Crippen molar-refractivity contribution in [3.63, 3.8) is 0 Å². The molecule has 1 rings (SSSR count). The third-order valence-corrected chi connectivity index (χ3v) is 3.16. The van der Waals surface area contributed by atoms with Gasteiger partial charge in [0.15, 0.2) is 0 Å². The second kappa shape index (κ2) is 5.69. The summed E-state index contributed by atoms with van der Waals surface area (Å²) in [4.78, 5) is 4.93. The maximum absolute atomic E-state index is 3.48. The van der Waals surface area contributed by atoms with Crippen LogP contribution in [0.4, 0.5) is 0 Å². The number of piperazine rings is 1. The fraction of sp³-hybridized carbons (Fsp3) is 1.00. The molecule has 0 amide bonds. The molecule has 2 unspecified atom stereocenters. The highest BCUT2D eigenvalue weighted by Gasteiger charge is 2.23. The first-order valence-electron chi connectivity index (χ1n) is 5.75. The van der Waals surface area contributed by atoms with Crippen LogP contribution < -0.4 is 5.32 Å². The number of nitrogens with zero attached hydrogens (tertiary/aromatic N) is 2. The van der Waals surface area contributed by atoms with Crippen LogP contribution in [0.5, 0.6) is 0 Å². The first-order valence-corrected chi connectivity index (χ1v) is 5.75. The van der Waals surface area contributed by atoms with E-state index >= 15 is 0 Å². The molecule has 0 aliphatic carbocycles. The Morgan fingerprint density at radius 2 is 2.07 bits per heavy atom. The largest absolute Gasteiger partial charge is 0.314 e. The van der Waals surface area contributed by atoms with Crippen molar-refractivity contribution in [1.82, 2.24) is 15.1 Å². The monoisotopic (exact) mass is 199 g/mol. The molecule has 0 aromatic rings. The Hall–Kier alpha value is -0.120. The zero-order chi connectivity index (χ0) is 10.6. The maximum Gasteiger partial charge on any atom is 0.0235 e. The predicted octanol–water partition coefficient (Wildman–Crippen LogP) is 0.620. The standard InChI is InChI=1S/C11H25N3/c1-5-12-10(2)8-11-9-13(3)6-7-14(11)4/h10-12H,5-9H2,1-4H3. The van der Waals surface area contributed by atoms with Gasteiger partial charge in [0.2, 0.25) is 0 Å². The molecule has 2 atom stereocenters. The molecule has 1 aliphatic heterocycles. The summed E-state index contributed by atoms with van der Waals surface area (Å²) in [6.07, 6.45) is 1.26. The SMILES string of the molecule is CCNC(C)CC1CN(C)CCN1C. The van der Waals surface area contributed by atoms with Crippen LogP contribution in [0.3, 0.4) is 0 Å². The lowest BCUT2D eigenvalue weighted by atomic mass is 10.0. The molecular weight excluding hydrogens is 174 g/mol. The molecule has 3 heteroatoms. The molecule has 1 fully saturated rings. The summed E-state index contributed by atoms with van der Waals surface area (Å²) in [6.45, 7) is 9.17. The topological polar surface area (TPSA) is 18.5 Å². The van der Waals surface area contributed by atoms with Crippen molar-refractivity contribution in [2.75, 3.05) is 40.3 Å². The van der Waals surface area contributed by atoms with E-state index in [9.17, 15) is 0 Å². The van der Waals surface area contributed by atoms with Gasteiger partial charge in [-0.1, -0.05) is 6.92 Å². The summed E-state index contributed by atoms with van der Waals surface area (Å²) in [6, 6.07) is 1.36. The molecule has 1 heterocycles. The van der Waals surface area contributed by atoms with Crippen LogP contribution >= 0.6 is 0 Å². The lowest BCUT2D eigenvalue weighted by Crippen LogP contribution is -2.51. The first-order chi connectivity index (χ1) is 6.63. The van der Waals surface area contributed by atoms with Gasteiger partial charge in [-0.05, 0) is 34.0 Å². The molecule has 0 aromatic carbocycles. The molecule has 0 bridgehead atoms. The Morgan fingerprint density at radius 1 is 1.36 bits per heavy atom. The van der Waals surface area contributed by atoms with Crippen molar-refractivity contribution < 1.29 is 0 Å². The van der Waals surface area contributed by atoms with Crippen LogP contribution in [-0.2, 0) is 0 Å². The molecule has 3 nitrogen and oxygen atoms in total. The minimum atomic E-state index is 0.638. The van der Waals surface area contributed by atoms with E-state index in [1.165, 1.54) is 26.1 Å². The van der Waals surface area contributed by atoms with Gasteiger partial charge in [0.05, 0.1) is 0 Å². The van der Waals surface area contributed by atoms with Gasteiger partial charge in [-0.2, -0.15) is 0 Å². The van der Waals surface area contributed by atoms with Crippen LogP contribution in [-0.4, -0.2) is 62.2 Å². The molecule has 1 saturated heterocycles. The van der Waals surface area contributed by atoms with Crippen LogP contribution in [0.2, 0.25) is 0 Å². The van der Waals surface area contributed by atoms with Gasteiger partial charge >= 0.3 is 0 Å². The second-order valence-corrected chi connectivity index (χ2v) is 4.59. The number of rotatable bonds is 4. The zero-order valence-corrected chi connectivity index (χ0v) is 10.1. The van der Waals surface area contributed by atoms with Crippen LogP contribution in [0.1, 0.15) is 20.3 Å². The Kier molecular flexibility index (Phi) is 4.85. The van der Waals surface area contributed by atoms with E-state index in [0.29, 0.717) is 6.04 Å². The summed E-state index contributed by atoms with van der Waals surface area (Å²) < 4.78 is 0. The lowest BCUT2D eigenvalue weighted by Gasteiger charge is -2.39.